The van der Waals surface area contributed by atoms with E-state index in [2.05, 4.69) is 12.2 Å². The molecule has 0 atom stereocenters. The number of amides is 1. The van der Waals surface area contributed by atoms with Crippen molar-refractivity contribution in [3.05, 3.63) is 51.9 Å². The molecule has 0 aliphatic carbocycles. The monoisotopic (exact) mass is 289 g/mol. The van der Waals surface area contributed by atoms with Crippen molar-refractivity contribution in [2.75, 3.05) is 5.32 Å². The van der Waals surface area contributed by atoms with Crippen LogP contribution in [-0.4, -0.2) is 17.0 Å². The van der Waals surface area contributed by atoms with Crippen molar-refractivity contribution in [2.24, 2.45) is 0 Å². The van der Waals surface area contributed by atoms with E-state index < -0.39 is 5.97 Å². The Labute approximate surface area is 121 Å². The zero-order valence-electron chi connectivity index (χ0n) is 11.3. The molecule has 2 N–H and O–H groups in total. The first kappa shape index (κ1) is 14.3. The highest BCUT2D eigenvalue weighted by atomic mass is 32.1. The van der Waals surface area contributed by atoms with Crippen molar-refractivity contribution in [2.45, 2.75) is 20.3 Å². The van der Waals surface area contributed by atoms with Gasteiger partial charge >= 0.3 is 5.97 Å². The number of benzene rings is 1. The van der Waals surface area contributed by atoms with Crippen LogP contribution in [0.4, 0.5) is 5.00 Å². The molecule has 0 bridgehead atoms. The summed E-state index contributed by atoms with van der Waals surface area (Å²) in [7, 11) is 0. The van der Waals surface area contributed by atoms with Gasteiger partial charge in [-0.2, -0.15) is 0 Å². The third kappa shape index (κ3) is 3.05. The first-order valence-corrected chi connectivity index (χ1v) is 7.07. The van der Waals surface area contributed by atoms with E-state index in [0.717, 1.165) is 17.8 Å². The van der Waals surface area contributed by atoms with Crippen molar-refractivity contribution in [3.8, 4) is 0 Å². The van der Waals surface area contributed by atoms with Gasteiger partial charge in [0, 0.05) is 5.56 Å². The molecule has 2 aromatic rings. The molecule has 1 heterocycles. The van der Waals surface area contributed by atoms with Crippen LogP contribution in [0, 0.1) is 6.92 Å². The molecule has 0 saturated carbocycles. The van der Waals surface area contributed by atoms with Crippen molar-refractivity contribution in [1.29, 1.82) is 0 Å². The maximum atomic E-state index is 12.1. The van der Waals surface area contributed by atoms with Crippen molar-refractivity contribution in [3.63, 3.8) is 0 Å². The first-order chi connectivity index (χ1) is 9.51. The van der Waals surface area contributed by atoms with Crippen LogP contribution in [0.3, 0.4) is 0 Å². The van der Waals surface area contributed by atoms with Gasteiger partial charge in [-0.1, -0.05) is 19.1 Å². The number of anilines is 1. The van der Waals surface area contributed by atoms with Crippen LogP contribution in [0.15, 0.2) is 30.3 Å². The van der Waals surface area contributed by atoms with Crippen LogP contribution in [0.1, 0.15) is 38.1 Å². The quantitative estimate of drug-likeness (QED) is 0.904. The Bertz CT molecular complexity index is 644. The lowest BCUT2D eigenvalue weighted by Gasteiger charge is -2.03. The molecular weight excluding hydrogens is 274 g/mol. The van der Waals surface area contributed by atoms with E-state index in [1.54, 1.807) is 25.1 Å². The summed E-state index contributed by atoms with van der Waals surface area (Å²) in [5.74, 6) is -1.20. The molecular formula is C15H15NO3S. The molecule has 5 heteroatoms. The normalized spacial score (nSPS) is 10.3. The maximum absolute atomic E-state index is 12.1. The molecule has 0 saturated heterocycles. The van der Waals surface area contributed by atoms with Gasteiger partial charge in [0.2, 0.25) is 0 Å². The van der Waals surface area contributed by atoms with Crippen molar-refractivity contribution < 1.29 is 14.7 Å². The minimum atomic E-state index is -0.972. The fourth-order valence-electron chi connectivity index (χ4n) is 1.83. The van der Waals surface area contributed by atoms with Crippen LogP contribution in [-0.2, 0) is 6.42 Å². The van der Waals surface area contributed by atoms with Gasteiger partial charge in [-0.15, -0.1) is 11.3 Å². The van der Waals surface area contributed by atoms with Gasteiger partial charge in [0.05, 0.1) is 5.00 Å². The average Bonchev–Trinajstić information content (AvgIpc) is 2.79. The SMILES string of the molecule is CCc1ccc(C(=O)Nc2cc(C)c(C(=O)O)s2)cc1. The molecule has 1 aromatic heterocycles. The molecule has 0 unspecified atom stereocenters. The fraction of sp³-hybridized carbons (Fsp3) is 0.200. The zero-order valence-corrected chi connectivity index (χ0v) is 12.1. The second kappa shape index (κ2) is 5.88. The number of thiophene rings is 1. The molecule has 104 valence electrons. The zero-order chi connectivity index (χ0) is 14.7. The molecule has 0 spiro atoms. The van der Waals surface area contributed by atoms with Crippen LogP contribution in [0.5, 0.6) is 0 Å². The van der Waals surface area contributed by atoms with Gasteiger partial charge in [-0.05, 0) is 42.7 Å². The molecule has 0 aliphatic rings. The van der Waals surface area contributed by atoms with Gasteiger partial charge in [0.1, 0.15) is 4.88 Å². The Morgan fingerprint density at radius 1 is 1.25 bits per heavy atom. The van der Waals surface area contributed by atoms with Gasteiger partial charge in [0.25, 0.3) is 5.91 Å². The summed E-state index contributed by atoms with van der Waals surface area (Å²) in [6.07, 6.45) is 0.925. The third-order valence-corrected chi connectivity index (χ3v) is 4.11. The number of hydrogen-bond acceptors (Lipinski definition) is 3. The Kier molecular flexibility index (Phi) is 4.20. The van der Waals surface area contributed by atoms with E-state index in [0.29, 0.717) is 16.1 Å². The van der Waals surface area contributed by atoms with Gasteiger partial charge in [0.15, 0.2) is 0 Å². The van der Waals surface area contributed by atoms with Crippen LogP contribution < -0.4 is 5.32 Å². The molecule has 1 amide bonds. The molecule has 2 rings (SSSR count). The minimum Gasteiger partial charge on any atom is -0.477 e. The molecule has 0 radical (unpaired) electrons. The number of nitrogens with one attached hydrogen (secondary N) is 1. The second-order valence-corrected chi connectivity index (χ2v) is 5.48. The van der Waals surface area contributed by atoms with Gasteiger partial charge in [-0.25, -0.2) is 4.79 Å². The lowest BCUT2D eigenvalue weighted by Crippen LogP contribution is -2.10. The molecule has 0 fully saturated rings. The number of hydrogen-bond donors (Lipinski definition) is 2. The van der Waals surface area contributed by atoms with Gasteiger partial charge in [-0.3, -0.25) is 4.79 Å². The topological polar surface area (TPSA) is 66.4 Å². The number of carbonyl (C=O) groups is 2. The number of aryl methyl sites for hydroxylation is 2. The predicted molar refractivity (Wildman–Crippen MR) is 79.8 cm³/mol. The van der Waals surface area contributed by atoms with E-state index in [1.165, 1.54) is 5.56 Å². The maximum Gasteiger partial charge on any atom is 0.346 e. The lowest BCUT2D eigenvalue weighted by atomic mass is 10.1. The number of carbonyl (C=O) groups excluding carboxylic acids is 1. The number of carboxylic acids is 1. The van der Waals surface area contributed by atoms with Crippen LogP contribution >= 0.6 is 11.3 Å². The summed E-state index contributed by atoms with van der Waals surface area (Å²) in [6.45, 7) is 3.77. The second-order valence-electron chi connectivity index (χ2n) is 4.43. The summed E-state index contributed by atoms with van der Waals surface area (Å²) in [4.78, 5) is 23.3. The van der Waals surface area contributed by atoms with E-state index >= 15 is 0 Å². The predicted octanol–water partition coefficient (Wildman–Crippen LogP) is 3.57. The fourth-order valence-corrected chi connectivity index (χ4v) is 2.74. The van der Waals surface area contributed by atoms with Gasteiger partial charge < -0.3 is 10.4 Å². The molecule has 20 heavy (non-hydrogen) atoms. The summed E-state index contributed by atoms with van der Waals surface area (Å²) in [5, 5.41) is 12.3. The highest BCUT2D eigenvalue weighted by Crippen LogP contribution is 2.27. The summed E-state index contributed by atoms with van der Waals surface area (Å²) in [6, 6.07) is 9.04. The molecule has 1 aromatic carbocycles. The Hall–Kier alpha value is -2.14. The number of aromatic carboxylic acids is 1. The minimum absolute atomic E-state index is 0.231. The number of rotatable bonds is 4. The first-order valence-electron chi connectivity index (χ1n) is 6.25. The van der Waals surface area contributed by atoms with E-state index in [4.69, 9.17) is 5.11 Å². The summed E-state index contributed by atoms with van der Waals surface area (Å²) >= 11 is 1.07. The Morgan fingerprint density at radius 3 is 2.40 bits per heavy atom. The van der Waals surface area contributed by atoms with E-state index in [9.17, 15) is 9.59 Å². The molecule has 4 nitrogen and oxygen atoms in total. The third-order valence-electron chi connectivity index (χ3n) is 2.97. The summed E-state index contributed by atoms with van der Waals surface area (Å²) < 4.78 is 0. The molecule has 0 aliphatic heterocycles. The smallest absolute Gasteiger partial charge is 0.346 e. The largest absolute Gasteiger partial charge is 0.477 e. The highest BCUT2D eigenvalue weighted by Gasteiger charge is 2.14. The Morgan fingerprint density at radius 2 is 1.90 bits per heavy atom. The lowest BCUT2D eigenvalue weighted by molar-refractivity contribution is 0.0701. The van der Waals surface area contributed by atoms with Crippen molar-refractivity contribution in [1.82, 2.24) is 0 Å². The average molecular weight is 289 g/mol. The number of carboxylic acid groups (broad SMARTS) is 1. The Balaban J connectivity index is 2.14. The summed E-state index contributed by atoms with van der Waals surface area (Å²) in [5.41, 5.74) is 2.38. The van der Waals surface area contributed by atoms with Crippen LogP contribution in [0.25, 0.3) is 0 Å². The highest BCUT2D eigenvalue weighted by molar-refractivity contribution is 7.18. The standard InChI is InChI=1S/C15H15NO3S/c1-3-10-4-6-11(7-5-10)14(17)16-12-8-9(2)13(20-12)15(18)19/h4-8H,3H2,1-2H3,(H,16,17)(H,18,19). The van der Waals surface area contributed by atoms with E-state index in [1.807, 2.05) is 12.1 Å². The van der Waals surface area contributed by atoms with Crippen LogP contribution in [0.2, 0.25) is 0 Å². The van der Waals surface area contributed by atoms with Crippen molar-refractivity contribution >= 4 is 28.2 Å². The van der Waals surface area contributed by atoms with E-state index in [-0.39, 0.29) is 10.8 Å².